The maximum Gasteiger partial charge on any atom is 0.0807 e. The predicted molar refractivity (Wildman–Crippen MR) is 72.8 cm³/mol. The van der Waals surface area contributed by atoms with Crippen LogP contribution in [0.3, 0.4) is 0 Å². The maximum atomic E-state index is 5.61. The summed E-state index contributed by atoms with van der Waals surface area (Å²) in [6.45, 7) is 2.11. The van der Waals surface area contributed by atoms with E-state index in [1.165, 1.54) is 11.1 Å². The van der Waals surface area contributed by atoms with Gasteiger partial charge in [0.05, 0.1) is 11.7 Å². The Morgan fingerprint density at radius 2 is 2.22 bits per heavy atom. The molecule has 1 heterocycles. The average Bonchev–Trinajstić information content (AvgIpc) is 2.77. The molecule has 18 heavy (non-hydrogen) atoms. The number of nitrogens with one attached hydrogen (secondary N) is 1. The Hall–Kier alpha value is -1.65. The van der Waals surface area contributed by atoms with Gasteiger partial charge in [0, 0.05) is 13.2 Å². The number of hydrazine groups is 1. The van der Waals surface area contributed by atoms with Crippen molar-refractivity contribution >= 4 is 0 Å². The van der Waals surface area contributed by atoms with Gasteiger partial charge in [-0.2, -0.15) is 5.10 Å². The Morgan fingerprint density at radius 1 is 1.39 bits per heavy atom. The summed E-state index contributed by atoms with van der Waals surface area (Å²) in [4.78, 5) is 0. The summed E-state index contributed by atoms with van der Waals surface area (Å²) in [5.74, 6) is 5.61. The van der Waals surface area contributed by atoms with Gasteiger partial charge >= 0.3 is 0 Å². The molecular formula is C14H20N4. The number of hydrogen-bond acceptors (Lipinski definition) is 3. The van der Waals surface area contributed by atoms with Gasteiger partial charge in [-0.3, -0.25) is 16.0 Å². The van der Waals surface area contributed by atoms with Crippen molar-refractivity contribution < 1.29 is 0 Å². The van der Waals surface area contributed by atoms with E-state index in [1.54, 1.807) is 4.68 Å². The van der Waals surface area contributed by atoms with Crippen LogP contribution in [0, 0.1) is 6.92 Å². The van der Waals surface area contributed by atoms with Crippen LogP contribution in [0.5, 0.6) is 0 Å². The number of aryl methyl sites for hydroxylation is 3. The molecule has 0 spiro atoms. The van der Waals surface area contributed by atoms with Crippen LogP contribution in [-0.4, -0.2) is 9.78 Å². The predicted octanol–water partition coefficient (Wildman–Crippen LogP) is 1.87. The van der Waals surface area contributed by atoms with E-state index in [1.807, 2.05) is 19.3 Å². The molecule has 0 bridgehead atoms. The van der Waals surface area contributed by atoms with Crippen LogP contribution in [0.25, 0.3) is 0 Å². The van der Waals surface area contributed by atoms with Crippen LogP contribution >= 0.6 is 0 Å². The molecule has 4 heteroatoms. The minimum Gasteiger partial charge on any atom is -0.275 e. The first-order valence-corrected chi connectivity index (χ1v) is 6.20. The standard InChI is InChI=1S/C14H20N4/c1-11-4-3-5-12(10-11)6-7-13(16-15)14-8-9-18(2)17-14/h3-5,8-10,13,16H,6-7,15H2,1-2H3. The summed E-state index contributed by atoms with van der Waals surface area (Å²) in [6.07, 6.45) is 3.87. The lowest BCUT2D eigenvalue weighted by molar-refractivity contribution is 0.497. The third kappa shape index (κ3) is 3.18. The van der Waals surface area contributed by atoms with Crippen molar-refractivity contribution in [3.05, 3.63) is 53.3 Å². The van der Waals surface area contributed by atoms with Gasteiger partial charge in [-0.25, -0.2) is 0 Å². The molecular weight excluding hydrogens is 224 g/mol. The van der Waals surface area contributed by atoms with Crippen molar-refractivity contribution in [2.24, 2.45) is 12.9 Å². The Balaban J connectivity index is 1.99. The van der Waals surface area contributed by atoms with E-state index in [0.717, 1.165) is 18.5 Å². The van der Waals surface area contributed by atoms with E-state index in [2.05, 4.69) is 41.7 Å². The van der Waals surface area contributed by atoms with E-state index in [-0.39, 0.29) is 6.04 Å². The first kappa shape index (κ1) is 12.8. The van der Waals surface area contributed by atoms with Crippen molar-refractivity contribution in [3.63, 3.8) is 0 Å². The van der Waals surface area contributed by atoms with Gasteiger partial charge in [0.15, 0.2) is 0 Å². The van der Waals surface area contributed by atoms with E-state index in [4.69, 9.17) is 5.84 Å². The van der Waals surface area contributed by atoms with Gasteiger partial charge in [-0.15, -0.1) is 0 Å². The monoisotopic (exact) mass is 244 g/mol. The van der Waals surface area contributed by atoms with Crippen molar-refractivity contribution in [2.45, 2.75) is 25.8 Å². The molecule has 0 aliphatic carbocycles. The second-order valence-corrected chi connectivity index (χ2v) is 4.66. The molecule has 3 N–H and O–H groups in total. The highest BCUT2D eigenvalue weighted by Crippen LogP contribution is 2.17. The average molecular weight is 244 g/mol. The summed E-state index contributed by atoms with van der Waals surface area (Å²) in [6, 6.07) is 10.7. The Labute approximate surface area is 108 Å². The quantitative estimate of drug-likeness (QED) is 0.623. The fourth-order valence-corrected chi connectivity index (χ4v) is 2.11. The number of aromatic nitrogens is 2. The highest BCUT2D eigenvalue weighted by molar-refractivity contribution is 5.22. The zero-order chi connectivity index (χ0) is 13.0. The van der Waals surface area contributed by atoms with Crippen molar-refractivity contribution in [1.29, 1.82) is 0 Å². The lowest BCUT2D eigenvalue weighted by Gasteiger charge is -2.13. The molecule has 0 amide bonds. The molecule has 1 aromatic heterocycles. The molecule has 0 aliphatic rings. The highest BCUT2D eigenvalue weighted by Gasteiger charge is 2.12. The third-order valence-electron chi connectivity index (χ3n) is 3.10. The summed E-state index contributed by atoms with van der Waals surface area (Å²) < 4.78 is 1.80. The van der Waals surface area contributed by atoms with Crippen molar-refractivity contribution in [3.8, 4) is 0 Å². The molecule has 1 atom stereocenters. The van der Waals surface area contributed by atoms with Crippen molar-refractivity contribution in [1.82, 2.24) is 15.2 Å². The van der Waals surface area contributed by atoms with Gasteiger partial charge in [-0.1, -0.05) is 29.8 Å². The van der Waals surface area contributed by atoms with E-state index in [0.29, 0.717) is 0 Å². The van der Waals surface area contributed by atoms with Crippen LogP contribution in [0.15, 0.2) is 36.5 Å². The molecule has 2 aromatic rings. The molecule has 4 nitrogen and oxygen atoms in total. The van der Waals surface area contributed by atoms with Gasteiger partial charge in [0.2, 0.25) is 0 Å². The van der Waals surface area contributed by atoms with Crippen LogP contribution in [0.4, 0.5) is 0 Å². The third-order valence-corrected chi connectivity index (χ3v) is 3.10. The van der Waals surface area contributed by atoms with E-state index >= 15 is 0 Å². The molecule has 96 valence electrons. The lowest BCUT2D eigenvalue weighted by Crippen LogP contribution is -2.28. The lowest BCUT2D eigenvalue weighted by atomic mass is 10.0. The minimum atomic E-state index is 0.103. The van der Waals surface area contributed by atoms with E-state index < -0.39 is 0 Å². The SMILES string of the molecule is Cc1cccc(CCC(NN)c2ccn(C)n2)c1. The molecule has 0 fully saturated rings. The summed E-state index contributed by atoms with van der Waals surface area (Å²) in [5, 5.41) is 4.39. The van der Waals surface area contributed by atoms with Gasteiger partial charge < -0.3 is 0 Å². The Kier molecular flexibility index (Phi) is 4.12. The molecule has 0 aliphatic heterocycles. The van der Waals surface area contributed by atoms with Crippen molar-refractivity contribution in [2.75, 3.05) is 0 Å². The zero-order valence-corrected chi connectivity index (χ0v) is 10.9. The first-order valence-electron chi connectivity index (χ1n) is 6.20. The molecule has 1 aromatic carbocycles. The largest absolute Gasteiger partial charge is 0.275 e. The summed E-state index contributed by atoms with van der Waals surface area (Å²) in [5.41, 5.74) is 6.47. The zero-order valence-electron chi connectivity index (χ0n) is 10.9. The van der Waals surface area contributed by atoms with Gasteiger partial charge in [0.1, 0.15) is 0 Å². The number of nitrogens with two attached hydrogens (primary N) is 1. The van der Waals surface area contributed by atoms with E-state index in [9.17, 15) is 0 Å². The fourth-order valence-electron chi connectivity index (χ4n) is 2.11. The fraction of sp³-hybridized carbons (Fsp3) is 0.357. The van der Waals surface area contributed by atoms with Crippen LogP contribution < -0.4 is 11.3 Å². The van der Waals surface area contributed by atoms with Gasteiger partial charge in [-0.05, 0) is 31.4 Å². The second-order valence-electron chi connectivity index (χ2n) is 4.66. The summed E-state index contributed by atoms with van der Waals surface area (Å²) >= 11 is 0. The highest BCUT2D eigenvalue weighted by atomic mass is 15.3. The normalized spacial score (nSPS) is 12.6. The first-order chi connectivity index (χ1) is 8.69. The molecule has 2 rings (SSSR count). The van der Waals surface area contributed by atoms with Crippen LogP contribution in [0.2, 0.25) is 0 Å². The number of rotatable bonds is 5. The number of hydrogen-bond donors (Lipinski definition) is 2. The topological polar surface area (TPSA) is 55.9 Å². The summed E-state index contributed by atoms with van der Waals surface area (Å²) in [7, 11) is 1.91. The molecule has 1 unspecified atom stereocenters. The maximum absolute atomic E-state index is 5.61. The minimum absolute atomic E-state index is 0.103. The second kappa shape index (κ2) is 5.80. The number of nitrogens with zero attached hydrogens (tertiary/aromatic N) is 2. The Bertz CT molecular complexity index is 504. The molecule has 0 radical (unpaired) electrons. The Morgan fingerprint density at radius 3 is 2.83 bits per heavy atom. The van der Waals surface area contributed by atoms with Crippen LogP contribution in [-0.2, 0) is 13.5 Å². The smallest absolute Gasteiger partial charge is 0.0807 e. The molecule has 0 saturated carbocycles. The number of benzene rings is 1. The van der Waals surface area contributed by atoms with Crippen LogP contribution in [0.1, 0.15) is 29.3 Å². The molecule has 0 saturated heterocycles. The van der Waals surface area contributed by atoms with Gasteiger partial charge in [0.25, 0.3) is 0 Å².